The van der Waals surface area contributed by atoms with Crippen LogP contribution in [0.2, 0.25) is 0 Å². The lowest BCUT2D eigenvalue weighted by Crippen LogP contribution is -2.34. The summed E-state index contributed by atoms with van der Waals surface area (Å²) in [6.45, 7) is 1.17. The van der Waals surface area contributed by atoms with Crippen LogP contribution in [0.25, 0.3) is 0 Å². The first-order valence-corrected chi connectivity index (χ1v) is 6.30. The van der Waals surface area contributed by atoms with E-state index in [1.807, 2.05) is 0 Å². The van der Waals surface area contributed by atoms with Crippen molar-refractivity contribution in [2.24, 2.45) is 0 Å². The number of rotatable bonds is 2. The van der Waals surface area contributed by atoms with Gasteiger partial charge in [0, 0.05) is 6.20 Å². The van der Waals surface area contributed by atoms with E-state index in [9.17, 15) is 9.00 Å². The van der Waals surface area contributed by atoms with Crippen molar-refractivity contribution in [3.63, 3.8) is 0 Å². The van der Waals surface area contributed by atoms with Crippen LogP contribution in [0, 0.1) is 0 Å². The Kier molecular flexibility index (Phi) is 3.02. The van der Waals surface area contributed by atoms with Gasteiger partial charge in [0.15, 0.2) is 11.2 Å². The number of nitrogen functional groups attached to an aromatic ring is 1. The highest BCUT2D eigenvalue weighted by Gasteiger charge is 2.43. The second-order valence-corrected chi connectivity index (χ2v) is 5.81. The third-order valence-electron chi connectivity index (χ3n) is 2.61. The molecular formula is C9H13N3O4S. The third-order valence-corrected chi connectivity index (χ3v) is 4.39. The average molecular weight is 259 g/mol. The Morgan fingerprint density at radius 3 is 3.06 bits per heavy atom. The molecule has 0 amide bonds. The Balaban J connectivity index is 2.32. The van der Waals surface area contributed by atoms with Gasteiger partial charge in [0.2, 0.25) is 0 Å². The molecule has 1 aromatic heterocycles. The molecule has 1 saturated heterocycles. The molecule has 94 valence electrons. The molecule has 0 radical (unpaired) electrons. The van der Waals surface area contributed by atoms with Crippen molar-refractivity contribution in [1.29, 1.82) is 0 Å². The van der Waals surface area contributed by atoms with Crippen LogP contribution in [0.15, 0.2) is 17.1 Å². The van der Waals surface area contributed by atoms with Gasteiger partial charge in [0.05, 0.1) is 23.2 Å². The lowest BCUT2D eigenvalue weighted by Gasteiger charge is -2.20. The van der Waals surface area contributed by atoms with Crippen molar-refractivity contribution in [3.8, 4) is 0 Å². The molecule has 0 saturated carbocycles. The van der Waals surface area contributed by atoms with Gasteiger partial charge in [0.1, 0.15) is 5.82 Å². The molecule has 7 nitrogen and oxygen atoms in total. The van der Waals surface area contributed by atoms with Gasteiger partial charge in [-0.15, -0.1) is 0 Å². The SMILES string of the molecule is C[C@@]1(CO)O[C@H](n2ccc(N)nc2=O)CS1=O. The van der Waals surface area contributed by atoms with Crippen LogP contribution in [0.1, 0.15) is 13.2 Å². The highest BCUT2D eigenvalue weighted by Crippen LogP contribution is 2.31. The average Bonchev–Trinajstić information content (AvgIpc) is 2.56. The maximum Gasteiger partial charge on any atom is 0.351 e. The number of ether oxygens (including phenoxy) is 1. The van der Waals surface area contributed by atoms with E-state index in [2.05, 4.69) is 4.98 Å². The molecule has 3 atom stereocenters. The van der Waals surface area contributed by atoms with Crippen molar-refractivity contribution in [1.82, 2.24) is 9.55 Å². The van der Waals surface area contributed by atoms with Gasteiger partial charge in [-0.25, -0.2) is 4.79 Å². The topological polar surface area (TPSA) is 107 Å². The summed E-state index contributed by atoms with van der Waals surface area (Å²) in [5.74, 6) is 0.262. The number of hydrogen-bond acceptors (Lipinski definition) is 6. The fourth-order valence-corrected chi connectivity index (χ4v) is 2.78. The summed E-state index contributed by atoms with van der Waals surface area (Å²) in [5.41, 5.74) is 4.81. The van der Waals surface area contributed by atoms with E-state index >= 15 is 0 Å². The number of nitrogens with zero attached hydrogens (tertiary/aromatic N) is 2. The summed E-state index contributed by atoms with van der Waals surface area (Å²) in [7, 11) is -1.36. The molecule has 1 fully saturated rings. The zero-order valence-electron chi connectivity index (χ0n) is 9.20. The van der Waals surface area contributed by atoms with Gasteiger partial charge < -0.3 is 15.6 Å². The lowest BCUT2D eigenvalue weighted by molar-refractivity contribution is -0.0621. The maximum atomic E-state index is 11.8. The van der Waals surface area contributed by atoms with Crippen LogP contribution in [-0.4, -0.2) is 36.2 Å². The van der Waals surface area contributed by atoms with Crippen LogP contribution in [0.3, 0.4) is 0 Å². The molecule has 0 aromatic carbocycles. The molecule has 1 aromatic rings. The van der Waals surface area contributed by atoms with Crippen molar-refractivity contribution in [3.05, 3.63) is 22.7 Å². The minimum absolute atomic E-state index is 0.121. The maximum absolute atomic E-state index is 11.8. The van der Waals surface area contributed by atoms with Crippen molar-refractivity contribution >= 4 is 16.6 Å². The highest BCUT2D eigenvalue weighted by atomic mass is 32.2. The van der Waals surface area contributed by atoms with E-state index in [4.69, 9.17) is 15.6 Å². The quantitative estimate of drug-likeness (QED) is 0.691. The van der Waals surface area contributed by atoms with Gasteiger partial charge in [0.25, 0.3) is 0 Å². The second-order valence-electron chi connectivity index (χ2n) is 3.92. The Labute approximate surface area is 99.7 Å². The number of aromatic nitrogens is 2. The number of aliphatic hydroxyl groups is 1. The van der Waals surface area contributed by atoms with E-state index < -0.39 is 27.7 Å². The fraction of sp³-hybridized carbons (Fsp3) is 0.556. The Bertz CT molecular complexity index is 517. The predicted molar refractivity (Wildman–Crippen MR) is 61.5 cm³/mol. The van der Waals surface area contributed by atoms with E-state index in [0.29, 0.717) is 0 Å². The van der Waals surface area contributed by atoms with E-state index in [-0.39, 0.29) is 18.2 Å². The molecule has 1 unspecified atom stereocenters. The molecule has 1 aliphatic rings. The summed E-state index contributed by atoms with van der Waals surface area (Å²) in [6, 6.07) is 1.46. The molecule has 0 spiro atoms. The normalized spacial score (nSPS) is 32.8. The smallest absolute Gasteiger partial charge is 0.351 e. The molecular weight excluding hydrogens is 246 g/mol. The summed E-state index contributed by atoms with van der Waals surface area (Å²) in [4.78, 5) is 14.0. The minimum Gasteiger partial charge on any atom is -0.392 e. The molecule has 2 heterocycles. The Hall–Kier alpha value is -1.25. The second kappa shape index (κ2) is 4.21. The van der Waals surface area contributed by atoms with Crippen LogP contribution in [0.4, 0.5) is 5.82 Å². The first kappa shape index (κ1) is 12.2. The van der Waals surface area contributed by atoms with Crippen LogP contribution in [-0.2, 0) is 15.5 Å². The Morgan fingerprint density at radius 2 is 2.53 bits per heavy atom. The summed E-state index contributed by atoms with van der Waals surface area (Å²) < 4.78 is 18.4. The number of nitrogens with two attached hydrogens (primary N) is 1. The third kappa shape index (κ3) is 2.11. The van der Waals surface area contributed by atoms with E-state index in [1.54, 1.807) is 6.92 Å². The van der Waals surface area contributed by atoms with Gasteiger partial charge in [-0.2, -0.15) is 4.98 Å². The highest BCUT2D eigenvalue weighted by molar-refractivity contribution is 7.86. The lowest BCUT2D eigenvalue weighted by atomic mass is 10.4. The van der Waals surface area contributed by atoms with Crippen LogP contribution in [0.5, 0.6) is 0 Å². The molecule has 0 bridgehead atoms. The Morgan fingerprint density at radius 1 is 1.82 bits per heavy atom. The number of aliphatic hydroxyl groups excluding tert-OH is 1. The number of hydrogen-bond donors (Lipinski definition) is 2. The van der Waals surface area contributed by atoms with Gasteiger partial charge >= 0.3 is 5.69 Å². The van der Waals surface area contributed by atoms with Crippen LogP contribution >= 0.6 is 0 Å². The fourth-order valence-electron chi connectivity index (χ4n) is 1.57. The molecule has 8 heteroatoms. The van der Waals surface area contributed by atoms with Crippen molar-refractivity contribution in [2.75, 3.05) is 18.1 Å². The zero-order chi connectivity index (χ0) is 12.6. The molecule has 3 N–H and O–H groups in total. The van der Waals surface area contributed by atoms with Crippen molar-refractivity contribution < 1.29 is 14.1 Å². The first-order chi connectivity index (χ1) is 7.96. The molecule has 0 aliphatic carbocycles. The molecule has 17 heavy (non-hydrogen) atoms. The van der Waals surface area contributed by atoms with Crippen LogP contribution < -0.4 is 11.4 Å². The summed E-state index contributed by atoms with van der Waals surface area (Å²) in [5, 5.41) is 9.13. The molecule has 1 aliphatic heterocycles. The minimum atomic E-state index is -1.36. The standard InChI is InChI=1S/C9H13N3O4S/c1-9(5-13)16-7(4-17(9)15)12-3-2-6(10)11-8(12)14/h2-3,7,13H,4-5H2,1H3,(H2,10,11,14)/t7-,9+,17?/m0/s1. The first-order valence-electron chi connectivity index (χ1n) is 4.98. The largest absolute Gasteiger partial charge is 0.392 e. The van der Waals surface area contributed by atoms with Gasteiger partial charge in [-0.3, -0.25) is 8.78 Å². The van der Waals surface area contributed by atoms with Gasteiger partial charge in [-0.05, 0) is 13.0 Å². The molecule has 2 rings (SSSR count). The van der Waals surface area contributed by atoms with E-state index in [1.165, 1.54) is 16.8 Å². The zero-order valence-corrected chi connectivity index (χ0v) is 10.0. The number of anilines is 1. The van der Waals surface area contributed by atoms with Crippen molar-refractivity contribution in [2.45, 2.75) is 18.1 Å². The summed E-state index contributed by atoms with van der Waals surface area (Å²) >= 11 is 0. The van der Waals surface area contributed by atoms with Gasteiger partial charge in [-0.1, -0.05) is 0 Å². The van der Waals surface area contributed by atoms with E-state index in [0.717, 1.165) is 0 Å². The predicted octanol–water partition coefficient (Wildman–Crippen LogP) is -1.19. The summed E-state index contributed by atoms with van der Waals surface area (Å²) in [6.07, 6.45) is 0.754. The monoisotopic (exact) mass is 259 g/mol.